The number of fused-ring (bicyclic) bond motifs is 1. The van der Waals surface area contributed by atoms with E-state index in [4.69, 9.17) is 4.42 Å². The molecule has 0 radical (unpaired) electrons. The van der Waals surface area contributed by atoms with Crippen molar-refractivity contribution in [2.75, 3.05) is 5.32 Å². The SMILES string of the molecule is Cc1nn(C)c(C)c1CNc1ccc2oc(=O)[nH]c2c1. The molecule has 3 rings (SSSR count). The third-order valence-corrected chi connectivity index (χ3v) is 3.55. The minimum atomic E-state index is -0.434. The van der Waals surface area contributed by atoms with Crippen LogP contribution in [0.25, 0.3) is 11.1 Å². The summed E-state index contributed by atoms with van der Waals surface area (Å²) in [5.74, 6) is -0.434. The molecule has 2 heterocycles. The quantitative estimate of drug-likeness (QED) is 0.765. The van der Waals surface area contributed by atoms with E-state index in [2.05, 4.69) is 15.4 Å². The fourth-order valence-corrected chi connectivity index (χ4v) is 2.33. The summed E-state index contributed by atoms with van der Waals surface area (Å²) in [6.45, 7) is 4.74. The average Bonchev–Trinajstić information content (AvgIpc) is 2.87. The number of hydrogen-bond donors (Lipinski definition) is 2. The molecule has 20 heavy (non-hydrogen) atoms. The van der Waals surface area contributed by atoms with Gasteiger partial charge in [-0.1, -0.05) is 0 Å². The molecule has 0 bridgehead atoms. The fraction of sp³-hybridized carbons (Fsp3) is 0.286. The Morgan fingerprint density at radius 1 is 1.40 bits per heavy atom. The molecule has 2 aromatic heterocycles. The zero-order valence-corrected chi connectivity index (χ0v) is 11.7. The van der Waals surface area contributed by atoms with Gasteiger partial charge in [0.2, 0.25) is 0 Å². The maximum Gasteiger partial charge on any atom is 0.417 e. The highest BCUT2D eigenvalue weighted by Crippen LogP contribution is 2.18. The van der Waals surface area contributed by atoms with Crippen molar-refractivity contribution < 1.29 is 4.42 Å². The molecule has 3 aromatic rings. The van der Waals surface area contributed by atoms with Gasteiger partial charge < -0.3 is 9.73 Å². The van der Waals surface area contributed by atoms with E-state index >= 15 is 0 Å². The van der Waals surface area contributed by atoms with Gasteiger partial charge in [-0.15, -0.1) is 0 Å². The second-order valence-corrected chi connectivity index (χ2v) is 4.85. The van der Waals surface area contributed by atoms with Crippen molar-refractivity contribution in [3.05, 3.63) is 45.7 Å². The molecule has 0 atom stereocenters. The molecule has 0 amide bonds. The lowest BCUT2D eigenvalue weighted by atomic mass is 10.2. The first-order chi connectivity index (χ1) is 9.54. The van der Waals surface area contributed by atoms with Gasteiger partial charge in [0.15, 0.2) is 5.58 Å². The standard InChI is InChI=1S/C14H16N4O2/c1-8-11(9(2)18(3)17-8)7-15-10-4-5-13-12(6-10)16-14(19)20-13/h4-6,15H,7H2,1-3H3,(H,16,19). The van der Waals surface area contributed by atoms with Crippen LogP contribution < -0.4 is 11.1 Å². The molecular weight excluding hydrogens is 256 g/mol. The monoisotopic (exact) mass is 272 g/mol. The van der Waals surface area contributed by atoms with E-state index < -0.39 is 5.76 Å². The van der Waals surface area contributed by atoms with Gasteiger partial charge in [-0.05, 0) is 32.0 Å². The second kappa shape index (κ2) is 4.56. The summed E-state index contributed by atoms with van der Waals surface area (Å²) in [5.41, 5.74) is 5.54. The van der Waals surface area contributed by atoms with Crippen LogP contribution in [0.4, 0.5) is 5.69 Å². The molecule has 104 valence electrons. The van der Waals surface area contributed by atoms with Crippen molar-refractivity contribution in [3.8, 4) is 0 Å². The van der Waals surface area contributed by atoms with Gasteiger partial charge in [0, 0.05) is 30.5 Å². The lowest BCUT2D eigenvalue weighted by molar-refractivity contribution is 0.555. The third kappa shape index (κ3) is 2.09. The zero-order valence-electron chi connectivity index (χ0n) is 11.7. The van der Waals surface area contributed by atoms with Gasteiger partial charge in [0.25, 0.3) is 0 Å². The van der Waals surface area contributed by atoms with Crippen molar-refractivity contribution in [1.82, 2.24) is 14.8 Å². The summed E-state index contributed by atoms with van der Waals surface area (Å²) >= 11 is 0. The van der Waals surface area contributed by atoms with Crippen LogP contribution in [0.5, 0.6) is 0 Å². The van der Waals surface area contributed by atoms with E-state index in [0.717, 1.165) is 17.1 Å². The molecule has 0 aliphatic heterocycles. The van der Waals surface area contributed by atoms with Gasteiger partial charge in [0.05, 0.1) is 11.2 Å². The maximum absolute atomic E-state index is 11.1. The van der Waals surface area contributed by atoms with E-state index in [-0.39, 0.29) is 0 Å². The Bertz CT molecular complexity index is 825. The first-order valence-electron chi connectivity index (χ1n) is 6.40. The predicted molar refractivity (Wildman–Crippen MR) is 76.8 cm³/mol. The van der Waals surface area contributed by atoms with Crippen molar-refractivity contribution in [2.24, 2.45) is 7.05 Å². The number of aryl methyl sites for hydroxylation is 2. The van der Waals surface area contributed by atoms with Crippen LogP contribution in [0, 0.1) is 13.8 Å². The first kappa shape index (κ1) is 12.5. The van der Waals surface area contributed by atoms with E-state index in [9.17, 15) is 4.79 Å². The Morgan fingerprint density at radius 2 is 2.20 bits per heavy atom. The number of oxazole rings is 1. The molecule has 2 N–H and O–H groups in total. The number of aromatic amines is 1. The molecule has 0 spiro atoms. The number of hydrogen-bond acceptors (Lipinski definition) is 4. The van der Waals surface area contributed by atoms with Crippen LogP contribution in [-0.4, -0.2) is 14.8 Å². The topological polar surface area (TPSA) is 75.8 Å². The normalized spacial score (nSPS) is 11.2. The van der Waals surface area contributed by atoms with E-state index in [0.29, 0.717) is 17.6 Å². The Hall–Kier alpha value is -2.50. The molecule has 0 saturated heterocycles. The summed E-state index contributed by atoms with van der Waals surface area (Å²) in [7, 11) is 1.94. The number of benzene rings is 1. The third-order valence-electron chi connectivity index (χ3n) is 3.55. The molecule has 0 saturated carbocycles. The average molecular weight is 272 g/mol. The number of nitrogens with zero attached hydrogens (tertiary/aromatic N) is 2. The molecule has 6 heteroatoms. The van der Waals surface area contributed by atoms with Crippen LogP contribution >= 0.6 is 0 Å². The fourth-order valence-electron chi connectivity index (χ4n) is 2.33. The largest absolute Gasteiger partial charge is 0.417 e. The van der Waals surface area contributed by atoms with E-state index in [1.54, 1.807) is 6.07 Å². The van der Waals surface area contributed by atoms with Gasteiger partial charge in [-0.2, -0.15) is 5.10 Å². The second-order valence-electron chi connectivity index (χ2n) is 4.85. The molecule has 0 aliphatic rings. The number of H-pyrrole nitrogens is 1. The van der Waals surface area contributed by atoms with Crippen LogP contribution in [0.1, 0.15) is 17.0 Å². The lowest BCUT2D eigenvalue weighted by Gasteiger charge is -2.06. The summed E-state index contributed by atoms with van der Waals surface area (Å²) < 4.78 is 6.85. The first-order valence-corrected chi connectivity index (χ1v) is 6.40. The highest BCUT2D eigenvalue weighted by atomic mass is 16.4. The zero-order chi connectivity index (χ0) is 14.3. The minimum Gasteiger partial charge on any atom is -0.408 e. The van der Waals surface area contributed by atoms with Crippen LogP contribution in [0.2, 0.25) is 0 Å². The smallest absolute Gasteiger partial charge is 0.408 e. The number of aromatic nitrogens is 3. The Kier molecular flexibility index (Phi) is 2.85. The molecule has 1 aromatic carbocycles. The van der Waals surface area contributed by atoms with Crippen LogP contribution in [0.15, 0.2) is 27.4 Å². The Balaban J connectivity index is 1.84. The predicted octanol–water partition coefficient (Wildman–Crippen LogP) is 2.08. The molecule has 0 aliphatic carbocycles. The summed E-state index contributed by atoms with van der Waals surface area (Å²) in [5, 5.41) is 7.73. The summed E-state index contributed by atoms with van der Waals surface area (Å²) in [4.78, 5) is 13.8. The summed E-state index contributed by atoms with van der Waals surface area (Å²) in [6, 6.07) is 5.53. The number of nitrogens with one attached hydrogen (secondary N) is 2. The number of anilines is 1. The van der Waals surface area contributed by atoms with E-state index in [1.165, 1.54) is 5.56 Å². The maximum atomic E-state index is 11.1. The Morgan fingerprint density at radius 3 is 2.90 bits per heavy atom. The van der Waals surface area contributed by atoms with Crippen LogP contribution in [-0.2, 0) is 13.6 Å². The molecule has 6 nitrogen and oxygen atoms in total. The van der Waals surface area contributed by atoms with Gasteiger partial charge in [0.1, 0.15) is 0 Å². The molecule has 0 fully saturated rings. The highest BCUT2D eigenvalue weighted by Gasteiger charge is 2.09. The summed E-state index contributed by atoms with van der Waals surface area (Å²) in [6.07, 6.45) is 0. The highest BCUT2D eigenvalue weighted by molar-refractivity contribution is 5.76. The van der Waals surface area contributed by atoms with Crippen molar-refractivity contribution in [1.29, 1.82) is 0 Å². The van der Waals surface area contributed by atoms with Gasteiger partial charge in [-0.25, -0.2) is 4.79 Å². The van der Waals surface area contributed by atoms with Crippen molar-refractivity contribution in [3.63, 3.8) is 0 Å². The van der Waals surface area contributed by atoms with Gasteiger partial charge in [-0.3, -0.25) is 9.67 Å². The molecule has 0 unspecified atom stereocenters. The van der Waals surface area contributed by atoms with E-state index in [1.807, 2.05) is 37.7 Å². The van der Waals surface area contributed by atoms with Crippen LogP contribution in [0.3, 0.4) is 0 Å². The number of rotatable bonds is 3. The van der Waals surface area contributed by atoms with Crippen molar-refractivity contribution in [2.45, 2.75) is 20.4 Å². The van der Waals surface area contributed by atoms with Gasteiger partial charge >= 0.3 is 5.76 Å². The molecular formula is C14H16N4O2. The Labute approximate surface area is 115 Å². The minimum absolute atomic E-state index is 0.434. The van der Waals surface area contributed by atoms with Crippen molar-refractivity contribution >= 4 is 16.8 Å². The lowest BCUT2D eigenvalue weighted by Crippen LogP contribution is -2.02.